The molecule has 0 saturated heterocycles. The van der Waals surface area contributed by atoms with Gasteiger partial charge in [-0.25, -0.2) is 5.43 Å². The highest BCUT2D eigenvalue weighted by Gasteiger charge is 2.14. The van der Waals surface area contributed by atoms with Crippen molar-refractivity contribution in [1.82, 2.24) is 5.43 Å². The molecule has 7 nitrogen and oxygen atoms in total. The number of anilines is 1. The minimum Gasteiger partial charge on any atom is -0.331 e. The number of carbonyl (C=O) groups is 1. The van der Waals surface area contributed by atoms with Gasteiger partial charge in [0.2, 0.25) is 0 Å². The van der Waals surface area contributed by atoms with Crippen molar-refractivity contribution in [1.29, 1.82) is 0 Å². The van der Waals surface area contributed by atoms with Gasteiger partial charge in [0.15, 0.2) is 0 Å². The first-order chi connectivity index (χ1) is 11.6. The average Bonchev–Trinajstić information content (AvgIpc) is 2.62. The Balaban J connectivity index is 1.64. The number of nitrogens with zero attached hydrogens (tertiary/aromatic N) is 3. The van der Waals surface area contributed by atoms with E-state index in [4.69, 9.17) is 0 Å². The Labute approximate surface area is 138 Å². The van der Waals surface area contributed by atoms with Crippen molar-refractivity contribution in [3.63, 3.8) is 0 Å². The lowest BCUT2D eigenvalue weighted by molar-refractivity contribution is -0.384. The maximum Gasteiger partial charge on any atom is 0.271 e. The molecular formula is C17H16N4O3. The predicted octanol–water partition coefficient (Wildman–Crippen LogP) is 2.72. The van der Waals surface area contributed by atoms with E-state index in [-0.39, 0.29) is 5.69 Å². The summed E-state index contributed by atoms with van der Waals surface area (Å²) in [5.74, 6) is -0.411. The number of benzene rings is 2. The van der Waals surface area contributed by atoms with Crippen molar-refractivity contribution in [3.8, 4) is 0 Å². The van der Waals surface area contributed by atoms with Crippen molar-refractivity contribution in [2.75, 3.05) is 11.4 Å². The lowest BCUT2D eigenvalue weighted by Gasteiger charge is -2.27. The van der Waals surface area contributed by atoms with Crippen LogP contribution in [0.25, 0.3) is 0 Å². The molecule has 24 heavy (non-hydrogen) atoms. The van der Waals surface area contributed by atoms with Gasteiger partial charge in [0.1, 0.15) is 6.34 Å². The van der Waals surface area contributed by atoms with Crippen LogP contribution in [0.1, 0.15) is 22.3 Å². The molecule has 0 spiro atoms. The quantitative estimate of drug-likeness (QED) is 0.405. The van der Waals surface area contributed by atoms with Crippen molar-refractivity contribution in [3.05, 3.63) is 69.8 Å². The smallest absolute Gasteiger partial charge is 0.271 e. The molecule has 3 rings (SSSR count). The second-order valence-electron chi connectivity index (χ2n) is 5.42. The van der Waals surface area contributed by atoms with Crippen LogP contribution in [0.3, 0.4) is 0 Å². The van der Waals surface area contributed by atoms with E-state index in [1.165, 1.54) is 29.8 Å². The molecule has 0 radical (unpaired) electrons. The van der Waals surface area contributed by atoms with Gasteiger partial charge in [0.25, 0.3) is 11.6 Å². The van der Waals surface area contributed by atoms with Gasteiger partial charge in [0, 0.05) is 29.9 Å². The van der Waals surface area contributed by atoms with Crippen LogP contribution in [0.2, 0.25) is 0 Å². The highest BCUT2D eigenvalue weighted by molar-refractivity contribution is 5.95. The topological polar surface area (TPSA) is 87.8 Å². The SMILES string of the molecule is O=C(N/N=C/N1CCCc2ccccc21)c1ccc([N+](=O)[O-])cc1. The molecule has 2 aromatic carbocycles. The molecule has 0 bridgehead atoms. The van der Waals surface area contributed by atoms with Crippen LogP contribution in [-0.4, -0.2) is 23.7 Å². The molecule has 0 aromatic heterocycles. The molecule has 0 fully saturated rings. The molecule has 2 aromatic rings. The first kappa shape index (κ1) is 15.7. The van der Waals surface area contributed by atoms with E-state index in [1.54, 1.807) is 6.34 Å². The van der Waals surface area contributed by atoms with Crippen LogP contribution < -0.4 is 10.3 Å². The van der Waals surface area contributed by atoms with Gasteiger partial charge < -0.3 is 4.90 Å². The Morgan fingerprint density at radius 2 is 1.96 bits per heavy atom. The third-order valence-electron chi connectivity index (χ3n) is 3.85. The number of rotatable bonds is 4. The predicted molar refractivity (Wildman–Crippen MR) is 91.2 cm³/mol. The summed E-state index contributed by atoms with van der Waals surface area (Å²) < 4.78 is 0. The Morgan fingerprint density at radius 1 is 1.21 bits per heavy atom. The Hall–Kier alpha value is -3.22. The van der Waals surface area contributed by atoms with E-state index in [0.29, 0.717) is 5.56 Å². The Morgan fingerprint density at radius 3 is 2.71 bits per heavy atom. The van der Waals surface area contributed by atoms with Gasteiger partial charge in [-0.05, 0) is 36.6 Å². The maximum atomic E-state index is 12.0. The number of non-ortho nitro benzene ring substituents is 1. The van der Waals surface area contributed by atoms with Gasteiger partial charge in [-0.15, -0.1) is 0 Å². The van der Waals surface area contributed by atoms with Crippen LogP contribution in [0, 0.1) is 10.1 Å². The number of hydrazone groups is 1. The number of para-hydroxylation sites is 1. The number of nitrogens with one attached hydrogen (secondary N) is 1. The standard InChI is InChI=1S/C17H16N4O3/c22-17(14-7-9-15(10-8-14)21(23)24)19-18-12-20-11-3-5-13-4-1-2-6-16(13)20/h1-2,4,6-10,12H,3,5,11H2,(H,19,22)/b18-12+. The number of carbonyl (C=O) groups excluding carboxylic acids is 1. The first-order valence-electron chi connectivity index (χ1n) is 7.57. The van der Waals surface area contributed by atoms with Crippen LogP contribution in [-0.2, 0) is 6.42 Å². The molecular weight excluding hydrogens is 308 g/mol. The molecule has 1 aliphatic rings. The molecule has 1 heterocycles. The number of fused-ring (bicyclic) bond motifs is 1. The van der Waals surface area contributed by atoms with Crippen LogP contribution >= 0.6 is 0 Å². The minimum atomic E-state index is -0.506. The first-order valence-corrected chi connectivity index (χ1v) is 7.57. The fourth-order valence-corrected chi connectivity index (χ4v) is 2.64. The van der Waals surface area contributed by atoms with E-state index in [9.17, 15) is 14.9 Å². The number of hydrogen-bond acceptors (Lipinski definition) is 4. The molecule has 0 saturated carbocycles. The number of hydrogen-bond donors (Lipinski definition) is 1. The molecule has 7 heteroatoms. The number of nitro benzene ring substituents is 1. The molecule has 1 amide bonds. The van der Waals surface area contributed by atoms with E-state index in [2.05, 4.69) is 16.6 Å². The third-order valence-corrected chi connectivity index (χ3v) is 3.85. The Kier molecular flexibility index (Phi) is 4.51. The number of aryl methyl sites for hydroxylation is 1. The van der Waals surface area contributed by atoms with Gasteiger partial charge in [0.05, 0.1) is 4.92 Å². The van der Waals surface area contributed by atoms with Crippen molar-refractivity contribution < 1.29 is 9.72 Å². The van der Waals surface area contributed by atoms with E-state index in [1.807, 2.05) is 23.1 Å². The lowest BCUT2D eigenvalue weighted by Crippen LogP contribution is -2.29. The second kappa shape index (κ2) is 6.91. The fourth-order valence-electron chi connectivity index (χ4n) is 2.64. The molecule has 1 N–H and O–H groups in total. The third kappa shape index (κ3) is 3.40. The van der Waals surface area contributed by atoms with E-state index < -0.39 is 10.8 Å². The van der Waals surface area contributed by atoms with Crippen molar-refractivity contribution >= 4 is 23.6 Å². The number of nitro groups is 1. The highest BCUT2D eigenvalue weighted by Crippen LogP contribution is 2.25. The largest absolute Gasteiger partial charge is 0.331 e. The van der Waals surface area contributed by atoms with Crippen LogP contribution in [0.4, 0.5) is 11.4 Å². The molecule has 1 aliphatic heterocycles. The fraction of sp³-hybridized carbons (Fsp3) is 0.176. The monoisotopic (exact) mass is 324 g/mol. The molecule has 0 aliphatic carbocycles. The Bertz CT molecular complexity index is 787. The summed E-state index contributed by atoms with van der Waals surface area (Å²) in [6, 6.07) is 13.5. The van der Waals surface area contributed by atoms with E-state index >= 15 is 0 Å². The summed E-state index contributed by atoms with van der Waals surface area (Å²) in [5, 5.41) is 14.6. The molecule has 0 atom stereocenters. The van der Waals surface area contributed by atoms with E-state index in [0.717, 1.165) is 25.1 Å². The van der Waals surface area contributed by atoms with Crippen molar-refractivity contribution in [2.45, 2.75) is 12.8 Å². The molecule has 0 unspecified atom stereocenters. The zero-order chi connectivity index (χ0) is 16.9. The summed E-state index contributed by atoms with van der Waals surface area (Å²) in [5.41, 5.74) is 5.06. The normalized spacial score (nSPS) is 13.6. The average molecular weight is 324 g/mol. The minimum absolute atomic E-state index is 0.0556. The zero-order valence-corrected chi connectivity index (χ0v) is 12.9. The summed E-state index contributed by atoms with van der Waals surface area (Å²) in [6.07, 6.45) is 3.66. The van der Waals surface area contributed by atoms with Gasteiger partial charge >= 0.3 is 0 Å². The highest BCUT2D eigenvalue weighted by atomic mass is 16.6. The summed E-state index contributed by atoms with van der Waals surface area (Å²) >= 11 is 0. The summed E-state index contributed by atoms with van der Waals surface area (Å²) in [4.78, 5) is 24.1. The van der Waals surface area contributed by atoms with Crippen molar-refractivity contribution in [2.24, 2.45) is 5.10 Å². The van der Waals surface area contributed by atoms with Crippen LogP contribution in [0.15, 0.2) is 53.6 Å². The van der Waals surface area contributed by atoms with Gasteiger partial charge in [-0.1, -0.05) is 18.2 Å². The summed E-state index contributed by atoms with van der Waals surface area (Å²) in [7, 11) is 0. The van der Waals surface area contributed by atoms with Gasteiger partial charge in [-0.2, -0.15) is 5.10 Å². The van der Waals surface area contributed by atoms with Crippen LogP contribution in [0.5, 0.6) is 0 Å². The maximum absolute atomic E-state index is 12.0. The number of amides is 1. The zero-order valence-electron chi connectivity index (χ0n) is 12.9. The van der Waals surface area contributed by atoms with Gasteiger partial charge in [-0.3, -0.25) is 14.9 Å². The molecule has 122 valence electrons. The second-order valence-corrected chi connectivity index (χ2v) is 5.42. The summed E-state index contributed by atoms with van der Waals surface area (Å²) in [6.45, 7) is 0.841. The lowest BCUT2D eigenvalue weighted by atomic mass is 10.0.